The molecule has 0 spiro atoms. The van der Waals surface area contributed by atoms with Gasteiger partial charge in [0.2, 0.25) is 0 Å². The summed E-state index contributed by atoms with van der Waals surface area (Å²) in [5.74, 6) is 0. The van der Waals surface area contributed by atoms with Crippen molar-refractivity contribution in [2.45, 2.75) is 5.41 Å². The van der Waals surface area contributed by atoms with Crippen LogP contribution < -0.4 is 4.90 Å². The maximum absolute atomic E-state index is 2.47. The predicted molar refractivity (Wildman–Crippen MR) is 238 cm³/mol. The highest BCUT2D eigenvalue weighted by Crippen LogP contribution is 2.57. The Hall–Kier alpha value is -7.42. The zero-order chi connectivity index (χ0) is 37.8. The average molecular weight is 727 g/mol. The molecule has 1 aromatic heterocycles. The smallest absolute Gasteiger partial charge is 0.0714 e. The van der Waals surface area contributed by atoms with Gasteiger partial charge in [0.15, 0.2) is 0 Å². The van der Waals surface area contributed by atoms with Crippen LogP contribution in [0.5, 0.6) is 0 Å². The Morgan fingerprint density at radius 2 is 0.912 bits per heavy atom. The van der Waals surface area contributed by atoms with Crippen molar-refractivity contribution in [3.8, 4) is 27.9 Å². The standard InChI is InChI=1S/C55H38N2/c1-6-20-39(21-7-1)48-37-49-47-31-17-19-33-52(47)57(43-28-14-5-15-29-43)54(49)38-53(48)56(42-26-12-4-13-27-42)44-34-35-46-45-30-16-18-32-50(45)55(51(46)36-44,40-22-8-2-9-23-40)41-24-10-3-11-25-41/h1-38H. The highest BCUT2D eigenvalue weighted by molar-refractivity contribution is 6.13. The summed E-state index contributed by atoms with van der Waals surface area (Å²) < 4.78 is 2.42. The van der Waals surface area contributed by atoms with Gasteiger partial charge in [-0.15, -0.1) is 0 Å². The van der Waals surface area contributed by atoms with E-state index in [1.807, 2.05) is 0 Å². The Balaban J connectivity index is 1.24. The van der Waals surface area contributed by atoms with Gasteiger partial charge in [-0.05, 0) is 93.5 Å². The minimum atomic E-state index is -0.515. The highest BCUT2D eigenvalue weighted by Gasteiger charge is 2.46. The largest absolute Gasteiger partial charge is 0.310 e. The number of fused-ring (bicyclic) bond motifs is 6. The monoisotopic (exact) mass is 726 g/mol. The van der Waals surface area contributed by atoms with E-state index in [9.17, 15) is 0 Å². The minimum absolute atomic E-state index is 0.515. The zero-order valence-corrected chi connectivity index (χ0v) is 31.3. The number of rotatable bonds is 7. The molecule has 57 heavy (non-hydrogen) atoms. The molecule has 1 aliphatic rings. The Morgan fingerprint density at radius 1 is 0.351 bits per heavy atom. The highest BCUT2D eigenvalue weighted by atomic mass is 15.1. The molecule has 0 N–H and O–H groups in total. The molecular formula is C55H38N2. The maximum atomic E-state index is 2.47. The summed E-state index contributed by atoms with van der Waals surface area (Å²) in [5.41, 5.74) is 16.2. The molecule has 11 rings (SSSR count). The van der Waals surface area contributed by atoms with Gasteiger partial charge in [-0.3, -0.25) is 0 Å². The fourth-order valence-corrected chi connectivity index (χ4v) is 9.47. The number of para-hydroxylation sites is 3. The van der Waals surface area contributed by atoms with Crippen molar-refractivity contribution in [1.82, 2.24) is 4.57 Å². The van der Waals surface area contributed by atoms with Crippen LogP contribution in [0, 0.1) is 0 Å². The number of hydrogen-bond donors (Lipinski definition) is 0. The van der Waals surface area contributed by atoms with Gasteiger partial charge < -0.3 is 9.47 Å². The first-order valence-electron chi connectivity index (χ1n) is 19.7. The number of aromatic nitrogens is 1. The lowest BCUT2D eigenvalue weighted by molar-refractivity contribution is 0.768. The first-order valence-corrected chi connectivity index (χ1v) is 19.7. The van der Waals surface area contributed by atoms with Gasteiger partial charge in [0.1, 0.15) is 0 Å². The molecule has 0 amide bonds. The summed E-state index contributed by atoms with van der Waals surface area (Å²) in [6.45, 7) is 0. The molecule has 0 saturated carbocycles. The summed E-state index contributed by atoms with van der Waals surface area (Å²) in [5, 5.41) is 2.46. The van der Waals surface area contributed by atoms with Crippen molar-refractivity contribution < 1.29 is 0 Å². The molecule has 0 saturated heterocycles. The number of hydrogen-bond acceptors (Lipinski definition) is 1. The first-order chi connectivity index (χ1) is 28.3. The SMILES string of the molecule is c1ccc(-c2cc3c4ccccc4n(-c4ccccc4)c3cc2N(c2ccccc2)c2ccc3c(c2)C(c2ccccc2)(c2ccccc2)c2ccccc2-3)cc1. The molecule has 2 heteroatoms. The lowest BCUT2D eigenvalue weighted by Crippen LogP contribution is -2.28. The molecule has 0 bridgehead atoms. The summed E-state index contributed by atoms with van der Waals surface area (Å²) in [4.78, 5) is 2.47. The van der Waals surface area contributed by atoms with Gasteiger partial charge in [-0.1, -0.05) is 176 Å². The van der Waals surface area contributed by atoms with Crippen LogP contribution in [0.1, 0.15) is 22.3 Å². The maximum Gasteiger partial charge on any atom is 0.0714 e. The van der Waals surface area contributed by atoms with Crippen molar-refractivity contribution in [3.63, 3.8) is 0 Å². The molecule has 1 aliphatic carbocycles. The predicted octanol–water partition coefficient (Wildman–Crippen LogP) is 14.3. The number of anilines is 3. The van der Waals surface area contributed by atoms with Crippen LogP contribution >= 0.6 is 0 Å². The van der Waals surface area contributed by atoms with E-state index in [1.54, 1.807) is 0 Å². The van der Waals surface area contributed by atoms with Crippen LogP contribution in [0.4, 0.5) is 17.1 Å². The van der Waals surface area contributed by atoms with Crippen LogP contribution in [-0.2, 0) is 5.41 Å². The Kier molecular flexibility index (Phi) is 7.75. The van der Waals surface area contributed by atoms with Crippen LogP contribution in [-0.4, -0.2) is 4.57 Å². The Morgan fingerprint density at radius 3 is 1.61 bits per heavy atom. The van der Waals surface area contributed by atoms with Gasteiger partial charge in [0.25, 0.3) is 0 Å². The van der Waals surface area contributed by atoms with E-state index >= 15 is 0 Å². The van der Waals surface area contributed by atoms with E-state index in [-0.39, 0.29) is 0 Å². The van der Waals surface area contributed by atoms with Gasteiger partial charge in [0, 0.05) is 33.4 Å². The number of benzene rings is 9. The van der Waals surface area contributed by atoms with Crippen molar-refractivity contribution in [1.29, 1.82) is 0 Å². The van der Waals surface area contributed by atoms with E-state index in [0.29, 0.717) is 0 Å². The Labute approximate surface area is 333 Å². The molecule has 0 fully saturated rings. The Bertz CT molecular complexity index is 3000. The lowest BCUT2D eigenvalue weighted by atomic mass is 9.67. The second-order valence-corrected chi connectivity index (χ2v) is 14.9. The summed E-state index contributed by atoms with van der Waals surface area (Å²) in [6.07, 6.45) is 0. The van der Waals surface area contributed by atoms with E-state index < -0.39 is 5.41 Å². The molecular weight excluding hydrogens is 689 g/mol. The van der Waals surface area contributed by atoms with Gasteiger partial charge >= 0.3 is 0 Å². The second kappa shape index (κ2) is 13.4. The first kappa shape index (κ1) is 33.0. The topological polar surface area (TPSA) is 8.17 Å². The van der Waals surface area contributed by atoms with Crippen molar-refractivity contribution in [2.75, 3.05) is 4.90 Å². The third-order valence-electron chi connectivity index (χ3n) is 11.8. The second-order valence-electron chi connectivity index (χ2n) is 14.9. The molecule has 0 unspecified atom stereocenters. The average Bonchev–Trinajstić information content (AvgIpc) is 3.78. The van der Waals surface area contributed by atoms with Gasteiger partial charge in [-0.2, -0.15) is 0 Å². The molecule has 2 nitrogen and oxygen atoms in total. The van der Waals surface area contributed by atoms with Gasteiger partial charge in [0.05, 0.1) is 22.1 Å². The molecule has 0 atom stereocenters. The fourth-order valence-electron chi connectivity index (χ4n) is 9.47. The molecule has 10 aromatic rings. The molecule has 268 valence electrons. The van der Waals surface area contributed by atoms with Crippen LogP contribution in [0.25, 0.3) is 49.7 Å². The van der Waals surface area contributed by atoms with Gasteiger partial charge in [-0.25, -0.2) is 0 Å². The van der Waals surface area contributed by atoms with Crippen molar-refractivity contribution >= 4 is 38.9 Å². The summed E-state index contributed by atoms with van der Waals surface area (Å²) in [6, 6.07) is 84.3. The molecule has 0 radical (unpaired) electrons. The van der Waals surface area contributed by atoms with E-state index in [1.165, 1.54) is 60.8 Å². The van der Waals surface area contributed by atoms with Crippen molar-refractivity contribution in [2.24, 2.45) is 0 Å². The lowest BCUT2D eigenvalue weighted by Gasteiger charge is -2.35. The molecule has 0 aliphatic heterocycles. The third kappa shape index (κ3) is 5.11. The number of nitrogens with zero attached hydrogens (tertiary/aromatic N) is 2. The molecule has 1 heterocycles. The van der Waals surface area contributed by atoms with Crippen LogP contribution in [0.3, 0.4) is 0 Å². The third-order valence-corrected chi connectivity index (χ3v) is 11.8. The normalized spacial score (nSPS) is 12.7. The van der Waals surface area contributed by atoms with Crippen LogP contribution in [0.2, 0.25) is 0 Å². The summed E-state index contributed by atoms with van der Waals surface area (Å²) in [7, 11) is 0. The minimum Gasteiger partial charge on any atom is -0.310 e. The van der Waals surface area contributed by atoms with E-state index in [0.717, 1.165) is 28.3 Å². The van der Waals surface area contributed by atoms with Crippen molar-refractivity contribution in [3.05, 3.63) is 253 Å². The molecule has 9 aromatic carbocycles. The zero-order valence-electron chi connectivity index (χ0n) is 31.3. The van der Waals surface area contributed by atoms with E-state index in [2.05, 4.69) is 240 Å². The van der Waals surface area contributed by atoms with Crippen LogP contribution in [0.15, 0.2) is 231 Å². The quantitative estimate of drug-likeness (QED) is 0.159. The fraction of sp³-hybridized carbons (Fsp3) is 0.0182. The van der Waals surface area contributed by atoms with E-state index in [4.69, 9.17) is 0 Å². The summed E-state index contributed by atoms with van der Waals surface area (Å²) >= 11 is 0.